The third-order valence-electron chi connectivity index (χ3n) is 4.85. The topological polar surface area (TPSA) is 93.1 Å². The molecule has 0 aliphatic carbocycles. The van der Waals surface area contributed by atoms with Gasteiger partial charge < -0.3 is 9.84 Å². The number of unbranched alkanes of at least 4 members (excludes halogenated alkanes) is 14. The van der Waals surface area contributed by atoms with E-state index in [0.717, 1.165) is 19.3 Å². The molecule has 0 aliphatic rings. The van der Waals surface area contributed by atoms with Crippen LogP contribution in [0.25, 0.3) is 0 Å². The van der Waals surface area contributed by atoms with Crippen molar-refractivity contribution in [3.05, 3.63) is 0 Å². The van der Waals surface area contributed by atoms with Gasteiger partial charge in [-0.25, -0.2) is 4.57 Å². The molecule has 0 saturated heterocycles. The van der Waals surface area contributed by atoms with E-state index in [1.165, 1.54) is 77.0 Å². The minimum Gasteiger partial charge on any atom is -0.463 e. The fourth-order valence-corrected chi connectivity index (χ4v) is 3.48. The largest absolute Gasteiger partial charge is 0.510 e. The average molecular weight is 441 g/mol. The first-order chi connectivity index (χ1) is 13.8. The molecule has 29 heavy (non-hydrogen) atoms. The Hall–Kier alpha value is -0.490. The van der Waals surface area contributed by atoms with Crippen LogP contribution < -0.4 is 0 Å². The van der Waals surface area contributed by atoms with Crippen LogP contribution in [0.2, 0.25) is 0 Å². The van der Waals surface area contributed by atoms with Crippen molar-refractivity contribution in [3.8, 4) is 0 Å². The van der Waals surface area contributed by atoms with Gasteiger partial charge in [0, 0.05) is 6.42 Å². The Balaban J connectivity index is 3.29. The smallest absolute Gasteiger partial charge is 0.463 e. The lowest BCUT2D eigenvalue weighted by atomic mass is 10.0. The number of halogens is 1. The van der Waals surface area contributed by atoms with Crippen molar-refractivity contribution in [2.45, 2.75) is 116 Å². The van der Waals surface area contributed by atoms with Crippen molar-refractivity contribution in [1.82, 2.24) is 0 Å². The maximum absolute atomic E-state index is 12.3. The maximum Gasteiger partial charge on any atom is 0.510 e. The first kappa shape index (κ1) is 28.5. The predicted molar refractivity (Wildman–Crippen MR) is 113 cm³/mol. The van der Waals surface area contributed by atoms with Crippen LogP contribution in [0.1, 0.15) is 110 Å². The first-order valence-corrected chi connectivity index (χ1v) is 12.8. The molecule has 0 saturated carbocycles. The Bertz CT molecular complexity index is 429. The Morgan fingerprint density at radius 3 is 1.66 bits per heavy atom. The molecule has 0 bridgehead atoms. The second kappa shape index (κ2) is 19.5. The molecule has 8 heteroatoms. The molecule has 0 amide bonds. The third-order valence-corrected chi connectivity index (χ3v) is 5.31. The normalized spacial score (nSPS) is 14.5. The Morgan fingerprint density at radius 2 is 1.24 bits per heavy atom. The van der Waals surface area contributed by atoms with Crippen molar-refractivity contribution in [2.75, 3.05) is 13.2 Å². The fourth-order valence-electron chi connectivity index (χ4n) is 3.13. The minimum absolute atomic E-state index is 0.271. The highest BCUT2D eigenvalue weighted by Crippen LogP contribution is 2.43. The van der Waals surface area contributed by atoms with Gasteiger partial charge in [-0.3, -0.25) is 14.2 Å². The molecule has 0 radical (unpaired) electrons. The Kier molecular flexibility index (Phi) is 19.1. The van der Waals surface area contributed by atoms with Crippen LogP contribution in [-0.4, -0.2) is 35.3 Å². The molecule has 6 nitrogen and oxygen atoms in total. The molecule has 0 aromatic heterocycles. The number of ether oxygens (including phenoxy) is 1. The van der Waals surface area contributed by atoms with E-state index in [9.17, 15) is 18.7 Å². The van der Waals surface area contributed by atoms with Gasteiger partial charge >= 0.3 is 13.9 Å². The first-order valence-electron chi connectivity index (χ1n) is 11.4. The highest BCUT2D eigenvalue weighted by Gasteiger charge is 2.20. The number of rotatable bonds is 21. The summed E-state index contributed by atoms with van der Waals surface area (Å²) in [4.78, 5) is 19.8. The number of aliphatic hydroxyl groups is 1. The van der Waals surface area contributed by atoms with E-state index >= 15 is 0 Å². The molecule has 0 spiro atoms. The maximum atomic E-state index is 12.3. The zero-order valence-electron chi connectivity index (χ0n) is 18.2. The van der Waals surface area contributed by atoms with Crippen molar-refractivity contribution in [1.29, 1.82) is 0 Å². The van der Waals surface area contributed by atoms with E-state index in [0.29, 0.717) is 0 Å². The summed E-state index contributed by atoms with van der Waals surface area (Å²) in [5.74, 6) is -0.439. The minimum atomic E-state index is -5.11. The summed E-state index contributed by atoms with van der Waals surface area (Å²) in [5.41, 5.74) is 0. The quantitative estimate of drug-likeness (QED) is 0.125. The lowest BCUT2D eigenvalue weighted by molar-refractivity contribution is -0.147. The summed E-state index contributed by atoms with van der Waals surface area (Å²) in [6.07, 6.45) is 17.7. The molecule has 2 unspecified atom stereocenters. The van der Waals surface area contributed by atoms with Crippen LogP contribution in [-0.2, 0) is 18.6 Å². The Morgan fingerprint density at radius 1 is 0.828 bits per heavy atom. The van der Waals surface area contributed by atoms with Gasteiger partial charge in [0.1, 0.15) is 12.7 Å². The van der Waals surface area contributed by atoms with Gasteiger partial charge in [0.15, 0.2) is 0 Å². The van der Waals surface area contributed by atoms with Gasteiger partial charge in [0.05, 0.1) is 6.61 Å². The number of carbonyl (C=O) groups is 1. The van der Waals surface area contributed by atoms with Gasteiger partial charge in [-0.2, -0.15) is 0 Å². The molecule has 0 heterocycles. The van der Waals surface area contributed by atoms with E-state index < -0.39 is 26.6 Å². The molecule has 0 aromatic rings. The van der Waals surface area contributed by atoms with Gasteiger partial charge in [-0.1, -0.05) is 96.8 Å². The van der Waals surface area contributed by atoms with Crippen LogP contribution in [0, 0.1) is 0 Å². The second-order valence-electron chi connectivity index (χ2n) is 7.78. The fraction of sp³-hybridized carbons (Fsp3) is 0.952. The number of carbonyl (C=O) groups excluding carboxylic acids is 1. The van der Waals surface area contributed by atoms with Gasteiger partial charge in [-0.15, -0.1) is 4.20 Å². The van der Waals surface area contributed by atoms with Crippen molar-refractivity contribution >= 4 is 13.9 Å². The average Bonchev–Trinajstić information content (AvgIpc) is 2.67. The van der Waals surface area contributed by atoms with Crippen molar-refractivity contribution < 1.29 is 32.8 Å². The van der Waals surface area contributed by atoms with Crippen LogP contribution in [0.15, 0.2) is 0 Å². The molecule has 2 N–H and O–H groups in total. The third kappa shape index (κ3) is 23.7. The van der Waals surface area contributed by atoms with E-state index in [1.54, 1.807) is 0 Å². The van der Waals surface area contributed by atoms with Crippen LogP contribution in [0.3, 0.4) is 0 Å². The molecule has 174 valence electrons. The summed E-state index contributed by atoms with van der Waals surface area (Å²) in [6.45, 7) is 1.17. The van der Waals surface area contributed by atoms with E-state index in [2.05, 4.69) is 11.4 Å². The number of hydrogen-bond donors (Lipinski definition) is 2. The summed E-state index contributed by atoms with van der Waals surface area (Å²) in [5, 5.41) is 9.36. The van der Waals surface area contributed by atoms with Crippen molar-refractivity contribution in [2.24, 2.45) is 0 Å². The monoisotopic (exact) mass is 440 g/mol. The van der Waals surface area contributed by atoms with E-state index in [-0.39, 0.29) is 13.0 Å². The van der Waals surface area contributed by atoms with Gasteiger partial charge in [0.2, 0.25) is 0 Å². The highest BCUT2D eigenvalue weighted by atomic mass is 31.2. The predicted octanol–water partition coefficient (Wildman–Crippen LogP) is 6.24. The number of esters is 1. The van der Waals surface area contributed by atoms with Gasteiger partial charge in [0.25, 0.3) is 0 Å². The molecular weight excluding hydrogens is 398 g/mol. The molecule has 0 fully saturated rings. The summed E-state index contributed by atoms with van der Waals surface area (Å²) < 4.78 is 31.3. The molecular formula is C21H42FO6P. The zero-order valence-corrected chi connectivity index (χ0v) is 19.1. The molecule has 2 atom stereocenters. The summed E-state index contributed by atoms with van der Waals surface area (Å²) in [6, 6.07) is 0. The van der Waals surface area contributed by atoms with Crippen LogP contribution in [0.4, 0.5) is 4.20 Å². The zero-order chi connectivity index (χ0) is 21.8. The summed E-state index contributed by atoms with van der Waals surface area (Å²) >= 11 is 0. The second-order valence-corrected chi connectivity index (χ2v) is 8.94. The molecule has 0 aliphatic heterocycles. The van der Waals surface area contributed by atoms with Gasteiger partial charge in [-0.05, 0) is 6.42 Å². The van der Waals surface area contributed by atoms with E-state index in [4.69, 9.17) is 9.63 Å². The lowest BCUT2D eigenvalue weighted by Crippen LogP contribution is -2.23. The van der Waals surface area contributed by atoms with Crippen molar-refractivity contribution in [3.63, 3.8) is 0 Å². The SMILES string of the molecule is CCCCCCCCCCCCCCCCCC(=O)OCC(O)COP(=O)(O)F. The molecule has 0 aromatic carbocycles. The highest BCUT2D eigenvalue weighted by molar-refractivity contribution is 7.46. The summed E-state index contributed by atoms with van der Waals surface area (Å²) in [7, 11) is -5.11. The number of hydrogen-bond acceptors (Lipinski definition) is 5. The lowest BCUT2D eigenvalue weighted by Gasteiger charge is -2.11. The standard InChI is InChI=1S/C21H42FO6P/c1-2-3-4-5-6-7-8-9-10-11-12-13-14-15-16-17-21(24)27-18-20(23)19-28-29(22,25)26/h20,23H,2-19H2,1H3,(H,25,26). The van der Waals surface area contributed by atoms with Crippen LogP contribution >= 0.6 is 7.91 Å². The Labute approximate surface area is 176 Å². The number of aliphatic hydroxyl groups excluding tert-OH is 1. The van der Waals surface area contributed by atoms with Crippen LogP contribution in [0.5, 0.6) is 0 Å². The molecule has 0 rings (SSSR count). The van der Waals surface area contributed by atoms with E-state index in [1.807, 2.05) is 0 Å².